The van der Waals surface area contributed by atoms with E-state index < -0.39 is 12.0 Å². The maximum Gasteiger partial charge on any atom is 0.193 e. The Morgan fingerprint density at radius 3 is 2.65 bits per heavy atom. The van der Waals surface area contributed by atoms with Crippen molar-refractivity contribution in [2.24, 2.45) is 0 Å². The number of anilines is 1. The Kier molecular flexibility index (Phi) is 1.90. The van der Waals surface area contributed by atoms with E-state index in [1.54, 1.807) is 7.05 Å². The second kappa shape index (κ2) is 3.20. The number of hydrogen-bond acceptors (Lipinski definition) is 4. The van der Waals surface area contributed by atoms with Crippen LogP contribution < -0.4 is 4.90 Å². The van der Waals surface area contributed by atoms with Gasteiger partial charge < -0.3 is 10.0 Å². The van der Waals surface area contributed by atoms with E-state index in [0.29, 0.717) is 6.26 Å². The van der Waals surface area contributed by atoms with Gasteiger partial charge in [-0.1, -0.05) is 18.2 Å². The van der Waals surface area contributed by atoms with E-state index in [2.05, 4.69) is 0 Å². The zero-order valence-electron chi connectivity index (χ0n) is 9.25. The fourth-order valence-corrected chi connectivity index (χ4v) is 2.80. The molecule has 1 heterocycles. The van der Waals surface area contributed by atoms with Crippen molar-refractivity contribution in [2.45, 2.75) is 12.0 Å². The van der Waals surface area contributed by atoms with Gasteiger partial charge in [-0.05, 0) is 11.6 Å². The molecule has 0 aromatic heterocycles. The van der Waals surface area contributed by atoms with Gasteiger partial charge in [0.25, 0.3) is 0 Å². The smallest absolute Gasteiger partial charge is 0.193 e. The number of para-hydroxylation sites is 1. The Morgan fingerprint density at radius 2 is 1.94 bits per heavy atom. The normalized spacial score (nSPS) is 28.8. The molecule has 0 bridgehead atoms. The van der Waals surface area contributed by atoms with Crippen molar-refractivity contribution in [3.05, 3.63) is 41.7 Å². The second-order valence-electron chi connectivity index (χ2n) is 4.36. The molecule has 0 saturated heterocycles. The summed E-state index contributed by atoms with van der Waals surface area (Å²) in [4.78, 5) is 25.9. The fraction of sp³-hybridized carbons (Fsp3) is 0.231. The monoisotopic (exact) mass is 229 g/mol. The van der Waals surface area contributed by atoms with Crippen LogP contribution in [0, 0.1) is 0 Å². The first-order valence-electron chi connectivity index (χ1n) is 5.41. The topological polar surface area (TPSA) is 57.6 Å². The van der Waals surface area contributed by atoms with E-state index in [1.807, 2.05) is 29.2 Å². The number of likely N-dealkylation sites (N-methyl/N-ethyl adjacent to an activating group) is 1. The van der Waals surface area contributed by atoms with Crippen LogP contribution in [0.2, 0.25) is 0 Å². The third kappa shape index (κ3) is 1.07. The van der Waals surface area contributed by atoms with Gasteiger partial charge in [-0.3, -0.25) is 9.59 Å². The molecule has 3 rings (SSSR count). The van der Waals surface area contributed by atoms with Crippen molar-refractivity contribution in [2.75, 3.05) is 11.9 Å². The molecule has 2 aliphatic rings. The second-order valence-corrected chi connectivity index (χ2v) is 4.36. The van der Waals surface area contributed by atoms with Crippen LogP contribution in [0.4, 0.5) is 5.69 Å². The molecule has 86 valence electrons. The summed E-state index contributed by atoms with van der Waals surface area (Å²) in [5.74, 6) is -1.03. The van der Waals surface area contributed by atoms with Gasteiger partial charge >= 0.3 is 0 Å². The highest BCUT2D eigenvalue weighted by Crippen LogP contribution is 2.46. The number of nitrogens with zero attached hydrogens (tertiary/aromatic N) is 1. The summed E-state index contributed by atoms with van der Waals surface area (Å²) >= 11 is 0. The SMILES string of the molecule is CN1c2ccccc2C2C(=O)/C(=C/O)C(=O)C21. The molecular weight excluding hydrogens is 218 g/mol. The number of Topliss-reactive ketones (excluding diaryl/α,β-unsaturated/α-hetero) is 2. The molecule has 1 aromatic carbocycles. The summed E-state index contributed by atoms with van der Waals surface area (Å²) < 4.78 is 0. The van der Waals surface area contributed by atoms with E-state index in [1.165, 1.54) is 0 Å². The van der Waals surface area contributed by atoms with Crippen molar-refractivity contribution in [3.63, 3.8) is 0 Å². The van der Waals surface area contributed by atoms with Gasteiger partial charge in [0.2, 0.25) is 0 Å². The number of benzene rings is 1. The molecule has 0 amide bonds. The van der Waals surface area contributed by atoms with Gasteiger partial charge in [-0.25, -0.2) is 0 Å². The molecule has 1 fully saturated rings. The maximum absolute atomic E-state index is 12.1. The first kappa shape index (κ1) is 10.1. The van der Waals surface area contributed by atoms with Crippen LogP contribution in [0.3, 0.4) is 0 Å². The van der Waals surface area contributed by atoms with Gasteiger partial charge in [-0.15, -0.1) is 0 Å². The van der Waals surface area contributed by atoms with Gasteiger partial charge in [0.1, 0.15) is 6.04 Å². The molecule has 1 aliphatic carbocycles. The number of aliphatic hydroxyl groups excluding tert-OH is 1. The Bertz CT molecular complexity index is 562. The summed E-state index contributed by atoms with van der Waals surface area (Å²) in [5.41, 5.74) is 1.71. The lowest BCUT2D eigenvalue weighted by Gasteiger charge is -2.19. The largest absolute Gasteiger partial charge is 0.515 e. The highest BCUT2D eigenvalue weighted by molar-refractivity contribution is 6.32. The number of ketones is 2. The summed E-state index contributed by atoms with van der Waals surface area (Å²) in [7, 11) is 1.80. The summed E-state index contributed by atoms with van der Waals surface area (Å²) in [6.07, 6.45) is 0.638. The number of fused-ring (bicyclic) bond motifs is 3. The number of aliphatic hydroxyl groups is 1. The van der Waals surface area contributed by atoms with Crippen molar-refractivity contribution in [1.82, 2.24) is 0 Å². The predicted octanol–water partition coefficient (Wildman–Crippen LogP) is 1.18. The fourth-order valence-electron chi connectivity index (χ4n) is 2.80. The lowest BCUT2D eigenvalue weighted by molar-refractivity contribution is -0.117. The number of carbonyl (C=O) groups excluding carboxylic acids is 2. The van der Waals surface area contributed by atoms with E-state index in [0.717, 1.165) is 11.3 Å². The Balaban J connectivity index is 2.21. The van der Waals surface area contributed by atoms with E-state index in [9.17, 15) is 9.59 Å². The molecule has 2 unspecified atom stereocenters. The van der Waals surface area contributed by atoms with Crippen LogP contribution >= 0.6 is 0 Å². The third-order valence-electron chi connectivity index (χ3n) is 3.60. The minimum absolute atomic E-state index is 0.0821. The first-order valence-corrected chi connectivity index (χ1v) is 5.41. The minimum Gasteiger partial charge on any atom is -0.515 e. The average Bonchev–Trinajstić information content (AvgIpc) is 2.76. The van der Waals surface area contributed by atoms with Crippen LogP contribution in [0.1, 0.15) is 11.5 Å². The van der Waals surface area contributed by atoms with Gasteiger partial charge in [-0.2, -0.15) is 0 Å². The molecule has 0 spiro atoms. The van der Waals surface area contributed by atoms with Crippen LogP contribution in [0.25, 0.3) is 0 Å². The maximum atomic E-state index is 12.1. The lowest BCUT2D eigenvalue weighted by atomic mass is 9.96. The Hall–Kier alpha value is -2.10. The van der Waals surface area contributed by atoms with Gasteiger partial charge in [0, 0.05) is 12.7 Å². The van der Waals surface area contributed by atoms with Crippen molar-refractivity contribution in [1.29, 1.82) is 0 Å². The highest BCUT2D eigenvalue weighted by atomic mass is 16.2. The van der Waals surface area contributed by atoms with Crippen LogP contribution in [-0.2, 0) is 9.59 Å². The van der Waals surface area contributed by atoms with Gasteiger partial charge in [0.15, 0.2) is 11.6 Å². The first-order chi connectivity index (χ1) is 8.16. The molecule has 1 saturated carbocycles. The molecule has 1 aliphatic heterocycles. The summed E-state index contributed by atoms with van der Waals surface area (Å²) in [6, 6.07) is 7.01. The average molecular weight is 229 g/mol. The molecule has 2 atom stereocenters. The van der Waals surface area contributed by atoms with E-state index in [4.69, 9.17) is 5.11 Å². The Morgan fingerprint density at radius 1 is 1.24 bits per heavy atom. The molecule has 1 aromatic rings. The molecule has 4 heteroatoms. The van der Waals surface area contributed by atoms with Crippen LogP contribution in [0.15, 0.2) is 36.1 Å². The number of hydrogen-bond donors (Lipinski definition) is 1. The van der Waals surface area contributed by atoms with Crippen LogP contribution in [-0.4, -0.2) is 29.8 Å². The number of rotatable bonds is 0. The molecule has 17 heavy (non-hydrogen) atoms. The molecule has 1 N–H and O–H groups in total. The van der Waals surface area contributed by atoms with Crippen molar-refractivity contribution >= 4 is 17.3 Å². The molecular formula is C13H11NO3. The molecule has 4 nitrogen and oxygen atoms in total. The van der Waals surface area contributed by atoms with Crippen LogP contribution in [0.5, 0.6) is 0 Å². The quantitative estimate of drug-likeness (QED) is 0.412. The standard InChI is InChI=1S/C13H11NO3/c1-14-9-5-3-2-4-7(9)10-11(14)13(17)8(6-15)12(10)16/h2-6,10-11,15H,1H3/b8-6-. The van der Waals surface area contributed by atoms with E-state index >= 15 is 0 Å². The summed E-state index contributed by atoms with van der Waals surface area (Å²) in [6.45, 7) is 0. The minimum atomic E-state index is -0.488. The van der Waals surface area contributed by atoms with Crippen molar-refractivity contribution < 1.29 is 14.7 Å². The van der Waals surface area contributed by atoms with Gasteiger partial charge in [0.05, 0.1) is 17.8 Å². The van der Waals surface area contributed by atoms with Crippen molar-refractivity contribution in [3.8, 4) is 0 Å². The predicted molar refractivity (Wildman–Crippen MR) is 62.1 cm³/mol. The summed E-state index contributed by atoms with van der Waals surface area (Å²) in [5, 5.41) is 8.97. The molecule has 0 radical (unpaired) electrons. The lowest BCUT2D eigenvalue weighted by Crippen LogP contribution is -2.34. The number of carbonyl (C=O) groups is 2. The zero-order valence-corrected chi connectivity index (χ0v) is 9.25. The van der Waals surface area contributed by atoms with E-state index in [-0.39, 0.29) is 17.1 Å². The highest BCUT2D eigenvalue weighted by Gasteiger charge is 2.53. The third-order valence-corrected chi connectivity index (χ3v) is 3.60. The Labute approximate surface area is 98.2 Å². The zero-order chi connectivity index (χ0) is 12.2.